The van der Waals surface area contributed by atoms with Crippen LogP contribution in [-0.2, 0) is 0 Å². The fraction of sp³-hybridized carbons (Fsp3) is 0.500. The standard InChI is InChI=1S/C12H16BrFO2/c1-12(2,3)11(15)7-5-8(13)9(14)6-10(7)16-4/h5-6,11,15H,1-4H3. The van der Waals surface area contributed by atoms with Gasteiger partial charge in [-0.05, 0) is 27.4 Å². The van der Waals surface area contributed by atoms with Crippen molar-refractivity contribution in [1.82, 2.24) is 0 Å². The van der Waals surface area contributed by atoms with E-state index in [1.165, 1.54) is 13.2 Å². The molecular weight excluding hydrogens is 275 g/mol. The Balaban J connectivity index is 3.27. The zero-order valence-electron chi connectivity index (χ0n) is 9.84. The monoisotopic (exact) mass is 290 g/mol. The first-order chi connectivity index (χ1) is 7.27. The van der Waals surface area contributed by atoms with Gasteiger partial charge in [-0.15, -0.1) is 0 Å². The number of methoxy groups -OCH3 is 1. The van der Waals surface area contributed by atoms with E-state index in [4.69, 9.17) is 4.74 Å². The minimum atomic E-state index is -0.709. The molecule has 1 aromatic rings. The molecule has 16 heavy (non-hydrogen) atoms. The van der Waals surface area contributed by atoms with Crippen molar-refractivity contribution in [3.8, 4) is 5.75 Å². The van der Waals surface area contributed by atoms with Crippen molar-refractivity contribution in [2.45, 2.75) is 26.9 Å². The molecule has 0 aliphatic heterocycles. The van der Waals surface area contributed by atoms with E-state index in [0.29, 0.717) is 15.8 Å². The minimum absolute atomic E-state index is 0.326. The summed E-state index contributed by atoms with van der Waals surface area (Å²) in [4.78, 5) is 0. The summed E-state index contributed by atoms with van der Waals surface area (Å²) in [5.41, 5.74) is 0.258. The van der Waals surface area contributed by atoms with Crippen molar-refractivity contribution in [1.29, 1.82) is 0 Å². The Hall–Kier alpha value is -0.610. The van der Waals surface area contributed by atoms with Crippen LogP contribution in [0.15, 0.2) is 16.6 Å². The Labute approximate surface area is 104 Å². The van der Waals surface area contributed by atoms with Gasteiger partial charge in [-0.1, -0.05) is 20.8 Å². The Bertz CT molecular complexity index is 385. The molecule has 0 heterocycles. The second-order valence-electron chi connectivity index (χ2n) is 4.78. The fourth-order valence-electron chi connectivity index (χ4n) is 1.40. The molecule has 1 aromatic carbocycles. The van der Waals surface area contributed by atoms with Gasteiger partial charge in [-0.2, -0.15) is 0 Å². The zero-order chi connectivity index (χ0) is 12.5. The van der Waals surface area contributed by atoms with Crippen molar-refractivity contribution in [2.24, 2.45) is 5.41 Å². The molecule has 4 heteroatoms. The highest BCUT2D eigenvalue weighted by Crippen LogP contribution is 2.39. The molecule has 1 atom stereocenters. The van der Waals surface area contributed by atoms with Crippen molar-refractivity contribution < 1.29 is 14.2 Å². The van der Waals surface area contributed by atoms with Gasteiger partial charge in [0.25, 0.3) is 0 Å². The Morgan fingerprint density at radius 2 is 1.94 bits per heavy atom. The lowest BCUT2D eigenvalue weighted by Gasteiger charge is -2.27. The average molecular weight is 291 g/mol. The van der Waals surface area contributed by atoms with Crippen LogP contribution in [0.2, 0.25) is 0 Å². The number of rotatable bonds is 2. The average Bonchev–Trinajstić information content (AvgIpc) is 2.19. The summed E-state index contributed by atoms with van der Waals surface area (Å²) < 4.78 is 18.7. The first-order valence-electron chi connectivity index (χ1n) is 4.98. The molecule has 0 aliphatic rings. The molecule has 0 spiro atoms. The summed E-state index contributed by atoms with van der Waals surface area (Å²) in [5, 5.41) is 10.2. The van der Waals surface area contributed by atoms with Crippen LogP contribution < -0.4 is 4.74 Å². The quantitative estimate of drug-likeness (QED) is 0.900. The highest BCUT2D eigenvalue weighted by Gasteiger charge is 2.27. The van der Waals surface area contributed by atoms with Crippen LogP contribution in [-0.4, -0.2) is 12.2 Å². The van der Waals surface area contributed by atoms with Gasteiger partial charge in [-0.25, -0.2) is 4.39 Å². The normalized spacial score (nSPS) is 13.7. The number of hydrogen-bond acceptors (Lipinski definition) is 2. The van der Waals surface area contributed by atoms with Crippen molar-refractivity contribution >= 4 is 15.9 Å². The fourth-order valence-corrected chi connectivity index (χ4v) is 1.76. The number of halogens is 2. The van der Waals surface area contributed by atoms with E-state index in [2.05, 4.69) is 15.9 Å². The van der Waals surface area contributed by atoms with Gasteiger partial charge >= 0.3 is 0 Å². The number of ether oxygens (including phenoxy) is 1. The summed E-state index contributed by atoms with van der Waals surface area (Å²) in [6.07, 6.45) is -0.709. The third-order valence-corrected chi connectivity index (χ3v) is 3.00. The number of hydrogen-bond donors (Lipinski definition) is 1. The first kappa shape index (κ1) is 13.5. The summed E-state index contributed by atoms with van der Waals surface area (Å²) in [6.45, 7) is 5.73. The number of aliphatic hydroxyl groups excluding tert-OH is 1. The van der Waals surface area contributed by atoms with Gasteiger partial charge in [0, 0.05) is 11.6 Å². The van der Waals surface area contributed by atoms with Gasteiger partial charge in [0.2, 0.25) is 0 Å². The maximum atomic E-state index is 13.3. The number of benzene rings is 1. The second kappa shape index (κ2) is 4.72. The Kier molecular flexibility index (Phi) is 3.97. The predicted octanol–water partition coefficient (Wildman–Crippen LogP) is 3.68. The molecule has 1 unspecified atom stereocenters. The molecule has 1 rings (SSSR count). The highest BCUT2D eigenvalue weighted by molar-refractivity contribution is 9.10. The lowest BCUT2D eigenvalue weighted by atomic mass is 9.84. The third-order valence-electron chi connectivity index (χ3n) is 2.39. The van der Waals surface area contributed by atoms with Crippen LogP contribution in [0, 0.1) is 11.2 Å². The molecule has 0 amide bonds. The van der Waals surface area contributed by atoms with Gasteiger partial charge in [0.1, 0.15) is 11.6 Å². The predicted molar refractivity (Wildman–Crippen MR) is 65.1 cm³/mol. The SMILES string of the molecule is COc1cc(F)c(Br)cc1C(O)C(C)(C)C. The van der Waals surface area contributed by atoms with E-state index in [-0.39, 0.29) is 5.41 Å². The van der Waals surface area contributed by atoms with E-state index in [0.717, 1.165) is 0 Å². The maximum absolute atomic E-state index is 13.3. The molecule has 1 N–H and O–H groups in total. The van der Waals surface area contributed by atoms with E-state index in [1.54, 1.807) is 6.07 Å². The van der Waals surface area contributed by atoms with Crippen LogP contribution in [0.3, 0.4) is 0 Å². The van der Waals surface area contributed by atoms with E-state index in [9.17, 15) is 9.50 Å². The van der Waals surface area contributed by atoms with Crippen molar-refractivity contribution in [3.05, 3.63) is 28.0 Å². The number of aliphatic hydroxyl groups is 1. The molecule has 2 nitrogen and oxygen atoms in total. The molecular formula is C12H16BrFO2. The van der Waals surface area contributed by atoms with Crippen LogP contribution in [0.25, 0.3) is 0 Å². The van der Waals surface area contributed by atoms with Crippen LogP contribution in [0.5, 0.6) is 5.75 Å². The van der Waals surface area contributed by atoms with Crippen LogP contribution in [0.1, 0.15) is 32.4 Å². The van der Waals surface area contributed by atoms with E-state index < -0.39 is 11.9 Å². The van der Waals surface area contributed by atoms with Gasteiger partial charge in [0.05, 0.1) is 17.7 Å². The van der Waals surface area contributed by atoms with Crippen molar-refractivity contribution in [2.75, 3.05) is 7.11 Å². The topological polar surface area (TPSA) is 29.5 Å². The lowest BCUT2D eigenvalue weighted by Crippen LogP contribution is -2.18. The second-order valence-corrected chi connectivity index (χ2v) is 5.63. The molecule has 0 saturated carbocycles. The molecule has 0 fully saturated rings. The Morgan fingerprint density at radius 1 is 1.38 bits per heavy atom. The van der Waals surface area contributed by atoms with Gasteiger partial charge in [0.15, 0.2) is 0 Å². The van der Waals surface area contributed by atoms with E-state index in [1.807, 2.05) is 20.8 Å². The van der Waals surface area contributed by atoms with Crippen LogP contribution >= 0.6 is 15.9 Å². The molecule has 0 aliphatic carbocycles. The summed E-state index contributed by atoms with van der Waals surface area (Å²) in [5.74, 6) is -0.0372. The summed E-state index contributed by atoms with van der Waals surface area (Å²) >= 11 is 3.10. The van der Waals surface area contributed by atoms with Gasteiger partial charge in [-0.3, -0.25) is 0 Å². The van der Waals surface area contributed by atoms with Crippen molar-refractivity contribution in [3.63, 3.8) is 0 Å². The smallest absolute Gasteiger partial charge is 0.141 e. The van der Waals surface area contributed by atoms with Crippen LogP contribution in [0.4, 0.5) is 4.39 Å². The minimum Gasteiger partial charge on any atom is -0.496 e. The maximum Gasteiger partial charge on any atom is 0.141 e. The molecule has 0 aromatic heterocycles. The highest BCUT2D eigenvalue weighted by atomic mass is 79.9. The summed E-state index contributed by atoms with van der Waals surface area (Å²) in [6, 6.07) is 2.83. The first-order valence-corrected chi connectivity index (χ1v) is 5.77. The molecule has 0 saturated heterocycles. The zero-order valence-corrected chi connectivity index (χ0v) is 11.4. The van der Waals surface area contributed by atoms with Gasteiger partial charge < -0.3 is 9.84 Å². The third kappa shape index (κ3) is 2.74. The Morgan fingerprint density at radius 3 is 2.38 bits per heavy atom. The summed E-state index contributed by atoms with van der Waals surface area (Å²) in [7, 11) is 1.46. The van der Waals surface area contributed by atoms with E-state index >= 15 is 0 Å². The molecule has 0 radical (unpaired) electrons. The molecule has 90 valence electrons. The lowest BCUT2D eigenvalue weighted by molar-refractivity contribution is 0.0602. The largest absolute Gasteiger partial charge is 0.496 e. The molecule has 0 bridgehead atoms.